The number of ether oxygens (including phenoxy) is 1. The van der Waals surface area contributed by atoms with Gasteiger partial charge in [0.1, 0.15) is 4.88 Å². The Bertz CT molecular complexity index is 857. The first-order chi connectivity index (χ1) is 11.7. The van der Waals surface area contributed by atoms with E-state index in [-0.39, 0.29) is 11.6 Å². The lowest BCUT2D eigenvalue weighted by Gasteiger charge is -2.00. The van der Waals surface area contributed by atoms with E-state index in [1.165, 1.54) is 7.11 Å². The molecule has 0 bridgehead atoms. The quantitative estimate of drug-likeness (QED) is 0.720. The highest BCUT2D eigenvalue weighted by Gasteiger charge is 2.14. The van der Waals surface area contributed by atoms with Crippen molar-refractivity contribution in [3.8, 4) is 0 Å². The molecule has 1 aromatic carbocycles. The average molecular weight is 342 g/mol. The van der Waals surface area contributed by atoms with Crippen molar-refractivity contribution in [2.24, 2.45) is 0 Å². The molecule has 8 heteroatoms. The molecule has 7 nitrogen and oxygen atoms in total. The Hall–Kier alpha value is -3.00. The van der Waals surface area contributed by atoms with Gasteiger partial charge in [0.05, 0.1) is 24.9 Å². The van der Waals surface area contributed by atoms with E-state index in [2.05, 4.69) is 20.4 Å². The number of rotatable bonds is 5. The van der Waals surface area contributed by atoms with Crippen LogP contribution in [0.15, 0.2) is 48.7 Å². The molecule has 3 aromatic rings. The molecule has 0 aliphatic rings. The zero-order chi connectivity index (χ0) is 16.9. The molecule has 24 heavy (non-hydrogen) atoms. The average Bonchev–Trinajstić information content (AvgIpc) is 3.25. The molecular weight excluding hydrogens is 328 g/mol. The van der Waals surface area contributed by atoms with Crippen molar-refractivity contribution >= 4 is 28.2 Å². The fraction of sp³-hybridized carbons (Fsp3) is 0.125. The van der Waals surface area contributed by atoms with Gasteiger partial charge in [-0.05, 0) is 17.7 Å². The van der Waals surface area contributed by atoms with Crippen LogP contribution in [-0.2, 0) is 11.3 Å². The monoisotopic (exact) mass is 342 g/mol. The van der Waals surface area contributed by atoms with E-state index in [0.717, 1.165) is 16.9 Å². The number of hydrogen-bond donors (Lipinski definition) is 1. The summed E-state index contributed by atoms with van der Waals surface area (Å²) in [5, 5.41) is 11.1. The van der Waals surface area contributed by atoms with Crippen LogP contribution in [0.2, 0.25) is 0 Å². The number of carbonyl (C=O) groups is 2. The zero-order valence-corrected chi connectivity index (χ0v) is 13.6. The maximum atomic E-state index is 12.2. The second kappa shape index (κ2) is 7.05. The standard InChI is InChI=1S/C16H14N4O3S/c1-23-16(22)13-7-8-14(24-13)17-15(21)12-10-20(19-18-12)9-11-5-3-2-4-6-11/h2-8,10H,9H2,1H3,(H,17,21). The first kappa shape index (κ1) is 15.9. The van der Waals surface area contributed by atoms with Gasteiger partial charge >= 0.3 is 5.97 Å². The summed E-state index contributed by atoms with van der Waals surface area (Å²) < 4.78 is 6.23. The van der Waals surface area contributed by atoms with Gasteiger partial charge in [-0.15, -0.1) is 16.4 Å². The Morgan fingerprint density at radius 3 is 2.75 bits per heavy atom. The van der Waals surface area contributed by atoms with Gasteiger partial charge < -0.3 is 10.1 Å². The first-order valence-corrected chi connectivity index (χ1v) is 7.91. The van der Waals surface area contributed by atoms with Gasteiger partial charge in [0.25, 0.3) is 5.91 Å². The molecule has 0 fully saturated rings. The smallest absolute Gasteiger partial charge is 0.348 e. The van der Waals surface area contributed by atoms with Gasteiger partial charge in [-0.2, -0.15) is 0 Å². The molecule has 3 rings (SSSR count). The summed E-state index contributed by atoms with van der Waals surface area (Å²) in [6, 6.07) is 13.0. The first-order valence-electron chi connectivity index (χ1n) is 7.09. The number of hydrogen-bond acceptors (Lipinski definition) is 6. The number of nitrogens with one attached hydrogen (secondary N) is 1. The van der Waals surface area contributed by atoms with Crippen molar-refractivity contribution in [3.63, 3.8) is 0 Å². The SMILES string of the molecule is COC(=O)c1ccc(NC(=O)c2cn(Cc3ccccc3)nn2)s1. The topological polar surface area (TPSA) is 86.1 Å². The van der Waals surface area contributed by atoms with Gasteiger partial charge in [0, 0.05) is 0 Å². The van der Waals surface area contributed by atoms with Gasteiger partial charge in [-0.3, -0.25) is 4.79 Å². The second-order valence-electron chi connectivity index (χ2n) is 4.90. The number of benzene rings is 1. The zero-order valence-electron chi connectivity index (χ0n) is 12.8. The van der Waals surface area contributed by atoms with Crippen LogP contribution in [0.4, 0.5) is 5.00 Å². The van der Waals surface area contributed by atoms with Crippen LogP contribution in [0, 0.1) is 0 Å². The van der Waals surface area contributed by atoms with Gasteiger partial charge in [0.2, 0.25) is 0 Å². The Morgan fingerprint density at radius 2 is 2.00 bits per heavy atom. The molecule has 0 aliphatic heterocycles. The van der Waals surface area contributed by atoms with Gasteiger partial charge in [-0.25, -0.2) is 9.48 Å². The molecule has 0 unspecified atom stereocenters. The minimum absolute atomic E-state index is 0.207. The summed E-state index contributed by atoms with van der Waals surface area (Å²) in [6.07, 6.45) is 1.58. The van der Waals surface area contributed by atoms with E-state index < -0.39 is 5.97 Å². The number of amides is 1. The summed E-state index contributed by atoms with van der Waals surface area (Å²) in [5.74, 6) is -0.818. The lowest BCUT2D eigenvalue weighted by molar-refractivity contribution is 0.0606. The molecular formula is C16H14N4O3S. The highest BCUT2D eigenvalue weighted by molar-refractivity contribution is 7.18. The van der Waals surface area contributed by atoms with E-state index in [9.17, 15) is 9.59 Å². The number of nitrogens with zero attached hydrogens (tertiary/aromatic N) is 3. The maximum absolute atomic E-state index is 12.2. The maximum Gasteiger partial charge on any atom is 0.348 e. The van der Waals surface area contributed by atoms with Gasteiger partial charge in [0.15, 0.2) is 5.69 Å². The molecule has 1 amide bonds. The molecule has 122 valence electrons. The van der Waals surface area contributed by atoms with Crippen LogP contribution in [0.5, 0.6) is 0 Å². The molecule has 0 radical (unpaired) electrons. The van der Waals surface area contributed by atoms with Crippen LogP contribution in [-0.4, -0.2) is 34.0 Å². The summed E-state index contributed by atoms with van der Waals surface area (Å²) >= 11 is 1.14. The summed E-state index contributed by atoms with van der Waals surface area (Å²) in [6.45, 7) is 0.534. The van der Waals surface area contributed by atoms with Crippen molar-refractivity contribution < 1.29 is 14.3 Å². The van der Waals surface area contributed by atoms with Crippen LogP contribution >= 0.6 is 11.3 Å². The fourth-order valence-corrected chi connectivity index (χ4v) is 2.86. The number of anilines is 1. The highest BCUT2D eigenvalue weighted by Crippen LogP contribution is 2.22. The van der Waals surface area contributed by atoms with Crippen LogP contribution in [0.25, 0.3) is 0 Å². The van der Waals surface area contributed by atoms with Crippen molar-refractivity contribution in [3.05, 3.63) is 64.8 Å². The minimum atomic E-state index is -0.436. The predicted octanol–water partition coefficient (Wildman–Crippen LogP) is 2.43. The van der Waals surface area contributed by atoms with Crippen LogP contribution in [0.1, 0.15) is 25.7 Å². The van der Waals surface area contributed by atoms with E-state index >= 15 is 0 Å². The largest absolute Gasteiger partial charge is 0.465 e. The second-order valence-corrected chi connectivity index (χ2v) is 5.98. The molecule has 2 heterocycles. The third-order valence-corrected chi connectivity index (χ3v) is 4.17. The fourth-order valence-electron chi connectivity index (χ4n) is 2.04. The van der Waals surface area contributed by atoms with Crippen molar-refractivity contribution in [2.45, 2.75) is 6.54 Å². The molecule has 2 aromatic heterocycles. The molecule has 0 atom stereocenters. The summed E-state index contributed by atoms with van der Waals surface area (Å²) in [7, 11) is 1.31. The molecule has 1 N–H and O–H groups in total. The van der Waals surface area contributed by atoms with Crippen LogP contribution < -0.4 is 5.32 Å². The summed E-state index contributed by atoms with van der Waals surface area (Å²) in [4.78, 5) is 24.0. The lowest BCUT2D eigenvalue weighted by atomic mass is 10.2. The van der Waals surface area contributed by atoms with E-state index in [4.69, 9.17) is 0 Å². The van der Waals surface area contributed by atoms with Gasteiger partial charge in [-0.1, -0.05) is 35.5 Å². The third-order valence-electron chi connectivity index (χ3n) is 3.19. The Kier molecular flexibility index (Phi) is 4.66. The van der Waals surface area contributed by atoms with E-state index in [0.29, 0.717) is 16.4 Å². The Balaban J connectivity index is 1.65. The normalized spacial score (nSPS) is 10.4. The summed E-state index contributed by atoms with van der Waals surface area (Å²) in [5.41, 5.74) is 1.27. The Morgan fingerprint density at radius 1 is 1.21 bits per heavy atom. The Labute approximate surface area is 141 Å². The van der Waals surface area contributed by atoms with Crippen molar-refractivity contribution in [2.75, 3.05) is 12.4 Å². The predicted molar refractivity (Wildman–Crippen MR) is 89.2 cm³/mol. The van der Waals surface area contributed by atoms with Crippen molar-refractivity contribution in [1.82, 2.24) is 15.0 Å². The molecule has 0 saturated heterocycles. The molecule has 0 aliphatic carbocycles. The number of carbonyl (C=O) groups excluding carboxylic acids is 2. The number of esters is 1. The number of aromatic nitrogens is 3. The third kappa shape index (κ3) is 3.66. The van der Waals surface area contributed by atoms with E-state index in [1.54, 1.807) is 23.0 Å². The van der Waals surface area contributed by atoms with Crippen LogP contribution in [0.3, 0.4) is 0 Å². The number of thiophene rings is 1. The van der Waals surface area contributed by atoms with Crippen molar-refractivity contribution in [1.29, 1.82) is 0 Å². The highest BCUT2D eigenvalue weighted by atomic mass is 32.1. The number of methoxy groups -OCH3 is 1. The minimum Gasteiger partial charge on any atom is -0.465 e. The molecule has 0 spiro atoms. The lowest BCUT2D eigenvalue weighted by Crippen LogP contribution is -2.11. The molecule has 0 saturated carbocycles. The van der Waals surface area contributed by atoms with E-state index in [1.807, 2.05) is 30.3 Å².